The van der Waals surface area contributed by atoms with Gasteiger partial charge in [0, 0.05) is 23.1 Å². The quantitative estimate of drug-likeness (QED) is 0.719. The number of carbonyl (C=O) groups excluding carboxylic acids is 1. The highest BCUT2D eigenvalue weighted by Crippen LogP contribution is 2.49. The molecule has 3 nitrogen and oxygen atoms in total. The van der Waals surface area contributed by atoms with E-state index in [0.717, 1.165) is 49.1 Å². The summed E-state index contributed by atoms with van der Waals surface area (Å²) < 4.78 is 0. The van der Waals surface area contributed by atoms with Crippen LogP contribution in [0.25, 0.3) is 5.57 Å². The summed E-state index contributed by atoms with van der Waals surface area (Å²) in [6.07, 6.45) is 13.9. The molecule has 1 spiro atoms. The zero-order valence-corrected chi connectivity index (χ0v) is 18.8. The molecule has 2 bridgehead atoms. The average Bonchev–Trinajstić information content (AvgIpc) is 3.32. The molecule has 1 aliphatic heterocycles. The fourth-order valence-corrected chi connectivity index (χ4v) is 7.04. The van der Waals surface area contributed by atoms with E-state index in [1.54, 1.807) is 0 Å². The Morgan fingerprint density at radius 2 is 1.83 bits per heavy atom. The normalized spacial score (nSPS) is 29.8. The van der Waals surface area contributed by atoms with Gasteiger partial charge in [-0.3, -0.25) is 4.79 Å². The second-order valence-corrected chi connectivity index (χ2v) is 10.4. The summed E-state index contributed by atoms with van der Waals surface area (Å²) in [6, 6.07) is 9.77. The summed E-state index contributed by atoms with van der Waals surface area (Å²) in [7, 11) is 0. The summed E-state index contributed by atoms with van der Waals surface area (Å²) >= 11 is 0. The Labute approximate surface area is 182 Å². The van der Waals surface area contributed by atoms with Crippen LogP contribution in [0.2, 0.25) is 0 Å². The second-order valence-electron chi connectivity index (χ2n) is 10.4. The monoisotopic (exact) mass is 406 g/mol. The number of allylic oxidation sites excluding steroid dienone is 1. The number of likely N-dealkylation sites (tertiary alicyclic amines) is 1. The van der Waals surface area contributed by atoms with Gasteiger partial charge in [0.1, 0.15) is 0 Å². The third kappa shape index (κ3) is 3.43. The Morgan fingerprint density at radius 3 is 2.60 bits per heavy atom. The molecule has 1 heterocycles. The molecule has 3 heteroatoms. The maximum absolute atomic E-state index is 13.2. The maximum atomic E-state index is 13.2. The van der Waals surface area contributed by atoms with Gasteiger partial charge in [0.05, 0.1) is 0 Å². The standard InChI is InChI=1S/C27H38N2O/c1-3-21(4-2)28-26(30)23-18-27(24-8-6-5-7-22(23)24)13-15-29(16-14-27)25-12-10-19-9-11-20(25)17-19/h5-8,18-21,25H,3-4,9-17H2,1-2H3,(H,28,30)/t19-,20+,25?/m0/s1. The van der Waals surface area contributed by atoms with E-state index in [2.05, 4.69) is 54.4 Å². The Kier molecular flexibility index (Phi) is 5.51. The van der Waals surface area contributed by atoms with E-state index >= 15 is 0 Å². The molecule has 1 saturated heterocycles. The van der Waals surface area contributed by atoms with E-state index in [-0.39, 0.29) is 17.4 Å². The van der Waals surface area contributed by atoms with E-state index < -0.39 is 0 Å². The summed E-state index contributed by atoms with van der Waals surface area (Å²) in [5.74, 6) is 2.11. The minimum Gasteiger partial charge on any atom is -0.349 e. The molecular weight excluding hydrogens is 368 g/mol. The van der Waals surface area contributed by atoms with Gasteiger partial charge in [-0.25, -0.2) is 0 Å². The van der Waals surface area contributed by atoms with Gasteiger partial charge in [-0.05, 0) is 87.4 Å². The predicted molar refractivity (Wildman–Crippen MR) is 123 cm³/mol. The first-order chi connectivity index (χ1) is 14.6. The van der Waals surface area contributed by atoms with Crippen molar-refractivity contribution in [1.29, 1.82) is 0 Å². The van der Waals surface area contributed by atoms with Crippen LogP contribution in [-0.2, 0) is 10.2 Å². The van der Waals surface area contributed by atoms with Crippen molar-refractivity contribution in [2.45, 2.75) is 89.1 Å². The van der Waals surface area contributed by atoms with Gasteiger partial charge in [-0.15, -0.1) is 0 Å². The van der Waals surface area contributed by atoms with Crippen LogP contribution < -0.4 is 5.32 Å². The molecule has 1 aromatic rings. The van der Waals surface area contributed by atoms with E-state index in [1.807, 2.05) is 0 Å². The van der Waals surface area contributed by atoms with Gasteiger partial charge in [0.15, 0.2) is 0 Å². The van der Waals surface area contributed by atoms with Crippen LogP contribution in [0.15, 0.2) is 30.3 Å². The third-order valence-corrected chi connectivity index (χ3v) is 8.90. The molecule has 3 fully saturated rings. The van der Waals surface area contributed by atoms with Crippen LogP contribution in [0.5, 0.6) is 0 Å². The van der Waals surface area contributed by atoms with Gasteiger partial charge < -0.3 is 10.2 Å². The lowest BCUT2D eigenvalue weighted by Gasteiger charge is -2.45. The van der Waals surface area contributed by atoms with Crippen molar-refractivity contribution in [2.24, 2.45) is 11.8 Å². The number of benzene rings is 1. The Morgan fingerprint density at radius 1 is 1.10 bits per heavy atom. The lowest BCUT2D eigenvalue weighted by molar-refractivity contribution is -0.116. The molecule has 30 heavy (non-hydrogen) atoms. The topological polar surface area (TPSA) is 32.3 Å². The zero-order chi connectivity index (χ0) is 20.7. The number of rotatable bonds is 5. The fraction of sp³-hybridized carbons (Fsp3) is 0.667. The number of hydrogen-bond acceptors (Lipinski definition) is 2. The third-order valence-electron chi connectivity index (χ3n) is 8.90. The largest absolute Gasteiger partial charge is 0.349 e. The molecule has 3 atom stereocenters. The number of piperidine rings is 1. The van der Waals surface area contributed by atoms with Gasteiger partial charge >= 0.3 is 0 Å². The van der Waals surface area contributed by atoms with Crippen molar-refractivity contribution in [2.75, 3.05) is 13.1 Å². The van der Waals surface area contributed by atoms with E-state index in [1.165, 1.54) is 56.3 Å². The highest BCUT2D eigenvalue weighted by molar-refractivity contribution is 6.21. The van der Waals surface area contributed by atoms with Crippen LogP contribution in [0.4, 0.5) is 0 Å². The van der Waals surface area contributed by atoms with Crippen molar-refractivity contribution in [3.05, 3.63) is 41.5 Å². The number of hydrogen-bond donors (Lipinski definition) is 1. The minimum absolute atomic E-state index is 0.0561. The molecule has 0 aromatic heterocycles. The van der Waals surface area contributed by atoms with Crippen LogP contribution in [0, 0.1) is 11.8 Å². The van der Waals surface area contributed by atoms with Crippen LogP contribution in [0.1, 0.15) is 82.8 Å². The van der Waals surface area contributed by atoms with Crippen LogP contribution >= 0.6 is 0 Å². The molecular formula is C27H38N2O. The van der Waals surface area contributed by atoms with Gasteiger partial charge in [-0.1, -0.05) is 50.6 Å². The van der Waals surface area contributed by atoms with Gasteiger partial charge in [0.2, 0.25) is 0 Å². The second kappa shape index (κ2) is 8.15. The first-order valence-corrected chi connectivity index (χ1v) is 12.5. The maximum Gasteiger partial charge on any atom is 0.251 e. The first kappa shape index (κ1) is 20.3. The highest BCUT2D eigenvalue weighted by atomic mass is 16.1. The Bertz CT molecular complexity index is 816. The molecule has 1 aromatic carbocycles. The average molecular weight is 407 g/mol. The summed E-state index contributed by atoms with van der Waals surface area (Å²) in [4.78, 5) is 16.0. The summed E-state index contributed by atoms with van der Waals surface area (Å²) in [5, 5.41) is 3.28. The molecule has 1 unspecified atom stereocenters. The van der Waals surface area contributed by atoms with Crippen molar-refractivity contribution < 1.29 is 4.79 Å². The van der Waals surface area contributed by atoms with Gasteiger partial charge in [0.25, 0.3) is 5.91 Å². The van der Waals surface area contributed by atoms with Crippen molar-refractivity contribution in [1.82, 2.24) is 10.2 Å². The molecule has 0 radical (unpaired) electrons. The smallest absolute Gasteiger partial charge is 0.251 e. The lowest BCUT2D eigenvalue weighted by Crippen LogP contribution is -2.49. The Hall–Kier alpha value is -1.61. The zero-order valence-electron chi connectivity index (χ0n) is 18.8. The number of carbonyl (C=O) groups is 1. The highest BCUT2D eigenvalue weighted by Gasteiger charge is 2.45. The summed E-state index contributed by atoms with van der Waals surface area (Å²) in [5.41, 5.74) is 3.54. The Balaban J connectivity index is 1.35. The van der Waals surface area contributed by atoms with Crippen LogP contribution in [0.3, 0.4) is 0 Å². The van der Waals surface area contributed by atoms with Crippen molar-refractivity contribution in [3.8, 4) is 0 Å². The molecule has 3 aliphatic carbocycles. The fourth-order valence-electron chi connectivity index (χ4n) is 7.04. The molecule has 1 N–H and O–H groups in total. The van der Waals surface area contributed by atoms with Crippen molar-refractivity contribution >= 4 is 11.5 Å². The SMILES string of the molecule is CCC(CC)NC(=O)C1=CC2(CCN(C3CC[C@@H]4CC[C@@H]3C4)CC2)c2ccccc21. The minimum atomic E-state index is 0.0561. The molecule has 5 rings (SSSR count). The van der Waals surface area contributed by atoms with Crippen molar-refractivity contribution in [3.63, 3.8) is 0 Å². The van der Waals surface area contributed by atoms with E-state index in [9.17, 15) is 4.79 Å². The number of nitrogens with one attached hydrogen (secondary N) is 1. The first-order valence-electron chi connectivity index (χ1n) is 12.5. The predicted octanol–water partition coefficient (Wildman–Crippen LogP) is 5.30. The van der Waals surface area contributed by atoms with Gasteiger partial charge in [-0.2, -0.15) is 0 Å². The molecule has 4 aliphatic rings. The number of nitrogens with zero attached hydrogens (tertiary/aromatic N) is 1. The van der Waals surface area contributed by atoms with E-state index in [0.29, 0.717) is 0 Å². The van der Waals surface area contributed by atoms with Crippen LogP contribution in [-0.4, -0.2) is 36.0 Å². The summed E-state index contributed by atoms with van der Waals surface area (Å²) in [6.45, 7) is 6.66. The molecule has 1 amide bonds. The molecule has 162 valence electrons. The lowest BCUT2D eigenvalue weighted by atomic mass is 9.73. The van der Waals surface area contributed by atoms with E-state index in [4.69, 9.17) is 0 Å². The number of fused-ring (bicyclic) bond motifs is 4. The molecule has 2 saturated carbocycles. The number of amides is 1.